The molecular weight excluding hydrogens is 193 g/mol. The second kappa shape index (κ2) is 3.83. The van der Waals surface area contributed by atoms with Crippen LogP contribution in [-0.2, 0) is 4.74 Å². The monoisotopic (exact) mass is 203 g/mol. The van der Waals surface area contributed by atoms with Crippen LogP contribution in [0.5, 0.6) is 0 Å². The van der Waals surface area contributed by atoms with E-state index in [1.807, 2.05) is 6.92 Å². The zero-order valence-electron chi connectivity index (χ0n) is 6.63. The largest absolute Gasteiger partial charge is 0.477 e. The Morgan fingerprint density at radius 2 is 2.50 bits per heavy atom. The molecule has 1 rings (SSSR count). The summed E-state index contributed by atoms with van der Waals surface area (Å²) in [5, 5.41) is 7.44. The van der Waals surface area contributed by atoms with Crippen LogP contribution in [0.3, 0.4) is 0 Å². The average molecular weight is 203 g/mol. The lowest BCUT2D eigenvalue weighted by Gasteiger charge is -2.00. The highest BCUT2D eigenvalue weighted by Crippen LogP contribution is 2.16. The topological polar surface area (TPSA) is 72.0 Å². The molecule has 3 N–H and O–H groups in total. The molecule has 0 aliphatic heterocycles. The molecule has 0 saturated carbocycles. The lowest BCUT2D eigenvalue weighted by molar-refractivity contribution is 0.326. The molecule has 66 valence electrons. The van der Waals surface area contributed by atoms with Crippen molar-refractivity contribution in [1.29, 1.82) is 5.41 Å². The van der Waals surface area contributed by atoms with Gasteiger partial charge in [0, 0.05) is 0 Å². The van der Waals surface area contributed by atoms with Crippen molar-refractivity contribution >= 4 is 37.0 Å². The molecule has 0 aliphatic rings. The summed E-state index contributed by atoms with van der Waals surface area (Å²) in [6.07, 6.45) is 0. The summed E-state index contributed by atoms with van der Waals surface area (Å²) in [6.45, 7) is 2.30. The van der Waals surface area contributed by atoms with Crippen LogP contribution >= 0.6 is 20.6 Å². The van der Waals surface area contributed by atoms with E-state index in [0.717, 1.165) is 4.75 Å². The minimum atomic E-state index is 0.0983. The zero-order chi connectivity index (χ0) is 9.14. The first kappa shape index (κ1) is 9.42. The molecule has 0 aromatic carbocycles. The standard InChI is InChI=1S/C6H10N3OPS/c1-2-10-5(8)3-4(7)9-6(11)12-3/h8H,2,7,11H2,1H3. The van der Waals surface area contributed by atoms with Gasteiger partial charge in [-0.05, 0) is 6.92 Å². The molecule has 0 amide bonds. The van der Waals surface area contributed by atoms with E-state index in [1.165, 1.54) is 11.3 Å². The molecule has 0 fully saturated rings. The van der Waals surface area contributed by atoms with E-state index >= 15 is 0 Å². The van der Waals surface area contributed by atoms with Gasteiger partial charge in [0.1, 0.15) is 15.4 Å². The molecule has 6 heteroatoms. The van der Waals surface area contributed by atoms with E-state index < -0.39 is 0 Å². The first-order chi connectivity index (χ1) is 5.65. The van der Waals surface area contributed by atoms with Crippen LogP contribution in [0, 0.1) is 5.41 Å². The van der Waals surface area contributed by atoms with Gasteiger partial charge in [-0.15, -0.1) is 11.3 Å². The number of anilines is 1. The summed E-state index contributed by atoms with van der Waals surface area (Å²) in [4.78, 5) is 4.55. The van der Waals surface area contributed by atoms with Gasteiger partial charge in [-0.25, -0.2) is 4.98 Å². The Labute approximate surface area is 76.9 Å². The maximum atomic E-state index is 7.44. The highest BCUT2D eigenvalue weighted by molar-refractivity contribution is 7.43. The zero-order valence-corrected chi connectivity index (χ0v) is 8.60. The Hall–Kier alpha value is -0.670. The van der Waals surface area contributed by atoms with E-state index in [1.54, 1.807) is 0 Å². The Morgan fingerprint density at radius 1 is 1.83 bits per heavy atom. The van der Waals surface area contributed by atoms with Crippen molar-refractivity contribution in [2.24, 2.45) is 0 Å². The lowest BCUT2D eigenvalue weighted by Crippen LogP contribution is -2.05. The fourth-order valence-electron chi connectivity index (χ4n) is 0.722. The predicted molar refractivity (Wildman–Crippen MR) is 54.3 cm³/mol. The van der Waals surface area contributed by atoms with Crippen LogP contribution in [0.15, 0.2) is 0 Å². The van der Waals surface area contributed by atoms with Gasteiger partial charge < -0.3 is 10.5 Å². The third kappa shape index (κ3) is 1.93. The van der Waals surface area contributed by atoms with Gasteiger partial charge in [0.05, 0.1) is 6.61 Å². The minimum absolute atomic E-state index is 0.0983. The third-order valence-corrected chi connectivity index (χ3v) is 2.55. The van der Waals surface area contributed by atoms with Gasteiger partial charge in [0.25, 0.3) is 0 Å². The minimum Gasteiger partial charge on any atom is -0.477 e. The molecule has 0 bridgehead atoms. The van der Waals surface area contributed by atoms with Gasteiger partial charge >= 0.3 is 0 Å². The number of nitrogen functional groups attached to an aromatic ring is 1. The van der Waals surface area contributed by atoms with Crippen LogP contribution in [0.4, 0.5) is 5.82 Å². The average Bonchev–Trinajstić information content (AvgIpc) is 2.30. The van der Waals surface area contributed by atoms with Crippen molar-refractivity contribution in [3.63, 3.8) is 0 Å². The van der Waals surface area contributed by atoms with E-state index in [-0.39, 0.29) is 5.90 Å². The number of nitrogens with zero attached hydrogens (tertiary/aromatic N) is 1. The molecule has 1 aromatic heterocycles. The molecular formula is C6H10N3OPS. The lowest BCUT2D eigenvalue weighted by atomic mass is 10.5. The Kier molecular flexibility index (Phi) is 3.00. The number of ether oxygens (including phenoxy) is 1. The highest BCUT2D eigenvalue weighted by Gasteiger charge is 2.11. The van der Waals surface area contributed by atoms with Crippen LogP contribution in [0.25, 0.3) is 0 Å². The fraction of sp³-hybridized carbons (Fsp3) is 0.333. The van der Waals surface area contributed by atoms with Crippen LogP contribution in [0.2, 0.25) is 0 Å². The van der Waals surface area contributed by atoms with Crippen molar-refractivity contribution in [2.75, 3.05) is 12.3 Å². The molecule has 0 aliphatic carbocycles. The second-order valence-electron chi connectivity index (χ2n) is 2.03. The van der Waals surface area contributed by atoms with Crippen molar-refractivity contribution in [2.45, 2.75) is 6.92 Å². The summed E-state index contributed by atoms with van der Waals surface area (Å²) in [6, 6.07) is 0. The molecule has 1 heterocycles. The molecule has 1 unspecified atom stereocenters. The fourth-order valence-corrected chi connectivity index (χ4v) is 1.87. The maximum absolute atomic E-state index is 7.44. The summed E-state index contributed by atoms with van der Waals surface area (Å²) in [5.41, 5.74) is 5.54. The van der Waals surface area contributed by atoms with Crippen molar-refractivity contribution in [1.82, 2.24) is 4.98 Å². The number of nitrogens with one attached hydrogen (secondary N) is 1. The maximum Gasteiger partial charge on any atom is 0.227 e. The normalized spacial score (nSPS) is 9.83. The molecule has 0 spiro atoms. The van der Waals surface area contributed by atoms with Gasteiger partial charge in [-0.1, -0.05) is 9.24 Å². The summed E-state index contributed by atoms with van der Waals surface area (Å²) in [7, 11) is 2.44. The first-order valence-electron chi connectivity index (χ1n) is 3.38. The van der Waals surface area contributed by atoms with Crippen LogP contribution < -0.4 is 10.5 Å². The summed E-state index contributed by atoms with van der Waals surface area (Å²) >= 11 is 1.34. The molecule has 12 heavy (non-hydrogen) atoms. The number of nitrogens with two attached hydrogens (primary N) is 1. The number of hydrogen-bond acceptors (Lipinski definition) is 5. The van der Waals surface area contributed by atoms with E-state index in [9.17, 15) is 0 Å². The SMILES string of the molecule is CCOC(=N)c1sc(P)nc1N. The summed E-state index contributed by atoms with van der Waals surface area (Å²) in [5.74, 6) is 0.463. The number of aromatic nitrogens is 1. The number of rotatable bonds is 2. The highest BCUT2D eigenvalue weighted by atomic mass is 32.1. The molecule has 1 aromatic rings. The second-order valence-corrected chi connectivity index (χ2v) is 4.02. The predicted octanol–water partition coefficient (Wildman–Crippen LogP) is 0.588. The molecule has 0 radical (unpaired) electrons. The number of hydrogen-bond donors (Lipinski definition) is 2. The quantitative estimate of drug-likeness (QED) is 0.419. The Balaban J connectivity index is 2.87. The van der Waals surface area contributed by atoms with Gasteiger partial charge in [-0.2, -0.15) is 0 Å². The number of thiazole rings is 1. The van der Waals surface area contributed by atoms with Crippen LogP contribution in [-0.4, -0.2) is 17.5 Å². The smallest absolute Gasteiger partial charge is 0.227 e. The first-order valence-corrected chi connectivity index (χ1v) is 4.78. The van der Waals surface area contributed by atoms with Crippen molar-refractivity contribution in [3.8, 4) is 0 Å². The van der Waals surface area contributed by atoms with E-state index in [2.05, 4.69) is 14.2 Å². The van der Waals surface area contributed by atoms with E-state index in [4.69, 9.17) is 15.9 Å². The Bertz CT molecular complexity index is 299. The Morgan fingerprint density at radius 3 is 2.92 bits per heavy atom. The molecule has 1 atom stereocenters. The summed E-state index contributed by atoms with van der Waals surface area (Å²) < 4.78 is 5.76. The van der Waals surface area contributed by atoms with Gasteiger partial charge in [0.15, 0.2) is 0 Å². The van der Waals surface area contributed by atoms with Crippen molar-refractivity contribution < 1.29 is 4.74 Å². The van der Waals surface area contributed by atoms with Gasteiger partial charge in [-0.3, -0.25) is 5.41 Å². The van der Waals surface area contributed by atoms with E-state index in [0.29, 0.717) is 17.3 Å². The van der Waals surface area contributed by atoms with Crippen LogP contribution in [0.1, 0.15) is 11.8 Å². The van der Waals surface area contributed by atoms with Crippen molar-refractivity contribution in [3.05, 3.63) is 4.88 Å². The molecule has 4 nitrogen and oxygen atoms in total. The molecule has 0 saturated heterocycles. The van der Waals surface area contributed by atoms with Gasteiger partial charge in [0.2, 0.25) is 5.90 Å². The third-order valence-electron chi connectivity index (χ3n) is 1.16.